The van der Waals surface area contributed by atoms with Crippen molar-refractivity contribution >= 4 is 23.2 Å². The monoisotopic (exact) mass is 482 g/mol. The molecule has 0 spiro atoms. The van der Waals surface area contributed by atoms with E-state index in [-0.39, 0.29) is 17.3 Å². The number of nitrogens with zero attached hydrogens (tertiary/aromatic N) is 8. The van der Waals surface area contributed by atoms with Crippen molar-refractivity contribution in [2.45, 2.75) is 26.1 Å². The van der Waals surface area contributed by atoms with Gasteiger partial charge in [0.05, 0.1) is 12.8 Å². The molecule has 2 aliphatic heterocycles. The second kappa shape index (κ2) is 9.45. The maximum Gasteiger partial charge on any atom is 0.283 e. The van der Waals surface area contributed by atoms with Crippen LogP contribution in [0.4, 0.5) is 11.4 Å². The van der Waals surface area contributed by atoms with Crippen LogP contribution in [-0.4, -0.2) is 30.1 Å². The van der Waals surface area contributed by atoms with Crippen molar-refractivity contribution in [1.29, 1.82) is 0 Å². The Hall–Kier alpha value is -4.80. The molecule has 0 aliphatic carbocycles. The minimum atomic E-state index is -1.07. The third-order valence-electron chi connectivity index (χ3n) is 5.97. The maximum atomic E-state index is 13.1. The fourth-order valence-corrected chi connectivity index (χ4v) is 3.85. The van der Waals surface area contributed by atoms with Crippen LogP contribution in [0.15, 0.2) is 96.7 Å². The average Bonchev–Trinajstić information content (AvgIpc) is 3.54. The number of phenolic OH excluding ortho intramolecular Hbond substituents is 1. The van der Waals surface area contributed by atoms with Crippen molar-refractivity contribution in [1.82, 2.24) is 0 Å². The fourth-order valence-electron chi connectivity index (χ4n) is 3.85. The highest BCUT2D eigenvalue weighted by atomic mass is 16.5. The molecule has 1 atom stereocenters. The van der Waals surface area contributed by atoms with Crippen LogP contribution in [0.3, 0.4) is 0 Å². The first-order valence-electron chi connectivity index (χ1n) is 11.1. The topological polar surface area (TPSA) is 136 Å². The van der Waals surface area contributed by atoms with Gasteiger partial charge in [-0.2, -0.15) is 15.2 Å². The van der Waals surface area contributed by atoms with Crippen LogP contribution in [0.5, 0.6) is 5.75 Å². The van der Waals surface area contributed by atoms with Crippen molar-refractivity contribution in [2.75, 3.05) is 12.1 Å². The van der Waals surface area contributed by atoms with E-state index in [4.69, 9.17) is 4.74 Å². The van der Waals surface area contributed by atoms with Crippen LogP contribution < -0.4 is 5.01 Å². The number of hydrogen-bond acceptors (Lipinski definition) is 10. The Labute approximate surface area is 206 Å². The summed E-state index contributed by atoms with van der Waals surface area (Å²) < 4.78 is 5.31. The highest BCUT2D eigenvalue weighted by Gasteiger charge is 2.38. The molecule has 3 aromatic rings. The molecule has 5 rings (SSSR count). The quantitative estimate of drug-likeness (QED) is 0.449. The zero-order valence-electron chi connectivity index (χ0n) is 19.8. The number of aryl methyl sites for hydroxylation is 2. The first-order chi connectivity index (χ1) is 17.5. The molecule has 2 heterocycles. The van der Waals surface area contributed by atoms with Crippen LogP contribution in [0.25, 0.3) is 11.1 Å². The molecule has 1 N–H and O–H groups in total. The van der Waals surface area contributed by atoms with E-state index in [0.29, 0.717) is 11.3 Å². The summed E-state index contributed by atoms with van der Waals surface area (Å²) in [5, 5.41) is 39.9. The molecule has 1 amide bonds. The molecule has 3 aromatic carbocycles. The summed E-state index contributed by atoms with van der Waals surface area (Å²) in [6.45, 7) is 3.96. The maximum absolute atomic E-state index is 13.1. The van der Waals surface area contributed by atoms with E-state index in [1.54, 1.807) is 18.2 Å². The largest absolute Gasteiger partial charge is 0.505 e. The molecule has 0 radical (unpaired) electrons. The predicted molar refractivity (Wildman–Crippen MR) is 132 cm³/mol. The number of carbonyl (C=O) groups is 1. The zero-order chi connectivity index (χ0) is 25.2. The van der Waals surface area contributed by atoms with Gasteiger partial charge in [-0.25, -0.2) is 0 Å². The predicted octanol–water partition coefficient (Wildman–Crippen LogP) is 5.97. The standard InChI is InChI=1S/C25H22N8O3/c1-14-10-11-18(12-15(14)2)33-25(35)21(24(30-33)36-3)27-26-20-9-5-8-19(22(20)34)16-6-4-7-17(13-16)23-28-31-32-29-23/h4-13,21,23,34H,1-3H3. The molecular formula is C25H22N8O3. The summed E-state index contributed by atoms with van der Waals surface area (Å²) in [6, 6.07) is 17.0. The van der Waals surface area contributed by atoms with Gasteiger partial charge in [-0.1, -0.05) is 36.4 Å². The first-order valence-corrected chi connectivity index (χ1v) is 11.1. The molecule has 180 valence electrons. The van der Waals surface area contributed by atoms with Crippen molar-refractivity contribution in [3.63, 3.8) is 0 Å². The normalized spacial score (nSPS) is 17.4. The second-order valence-electron chi connectivity index (χ2n) is 8.26. The van der Waals surface area contributed by atoms with E-state index < -0.39 is 18.1 Å². The lowest BCUT2D eigenvalue weighted by Crippen LogP contribution is -2.30. The summed E-state index contributed by atoms with van der Waals surface area (Å²) in [6.07, 6.45) is -0.504. The molecule has 11 heteroatoms. The van der Waals surface area contributed by atoms with Gasteiger partial charge < -0.3 is 9.84 Å². The number of carbonyl (C=O) groups excluding carboxylic acids is 1. The number of hydrazone groups is 1. The summed E-state index contributed by atoms with van der Waals surface area (Å²) >= 11 is 0. The lowest BCUT2D eigenvalue weighted by Gasteiger charge is -2.13. The van der Waals surface area contributed by atoms with Gasteiger partial charge in [0.25, 0.3) is 5.91 Å². The second-order valence-corrected chi connectivity index (χ2v) is 8.26. The Balaban J connectivity index is 1.42. The SMILES string of the molecule is COC1=NN(c2ccc(C)c(C)c2)C(=O)C1N=Nc1cccc(-c2cccc(C3N=NN=N3)c2)c1O. The summed E-state index contributed by atoms with van der Waals surface area (Å²) in [5.74, 6) is -0.368. The third kappa shape index (κ3) is 4.22. The van der Waals surface area contributed by atoms with Gasteiger partial charge in [-0.15, -0.1) is 15.3 Å². The Morgan fingerprint density at radius 1 is 0.972 bits per heavy atom. The average molecular weight is 483 g/mol. The lowest BCUT2D eigenvalue weighted by atomic mass is 10.0. The molecule has 0 saturated carbocycles. The highest BCUT2D eigenvalue weighted by Crippen LogP contribution is 2.39. The van der Waals surface area contributed by atoms with E-state index in [1.807, 2.05) is 56.3 Å². The molecule has 1 unspecified atom stereocenters. The van der Waals surface area contributed by atoms with Crippen molar-refractivity contribution in [2.24, 2.45) is 36.0 Å². The Bertz CT molecular complexity index is 1450. The van der Waals surface area contributed by atoms with Gasteiger partial charge in [-0.05, 0) is 65.2 Å². The van der Waals surface area contributed by atoms with Crippen LogP contribution in [0.2, 0.25) is 0 Å². The zero-order valence-corrected chi connectivity index (χ0v) is 19.8. The number of hydrogen-bond donors (Lipinski definition) is 1. The first kappa shape index (κ1) is 23.0. The Kier molecular flexibility index (Phi) is 6.03. The van der Waals surface area contributed by atoms with Crippen LogP contribution in [0.1, 0.15) is 22.9 Å². The molecule has 0 fully saturated rings. The molecule has 0 bridgehead atoms. The molecular weight excluding hydrogens is 460 g/mol. The number of rotatable bonds is 5. The van der Waals surface area contributed by atoms with Gasteiger partial charge in [0, 0.05) is 11.1 Å². The van der Waals surface area contributed by atoms with Gasteiger partial charge in [0.2, 0.25) is 18.1 Å². The fraction of sp³-hybridized carbons (Fsp3) is 0.200. The molecule has 2 aliphatic rings. The summed E-state index contributed by atoms with van der Waals surface area (Å²) in [5.41, 5.74) is 5.01. The van der Waals surface area contributed by atoms with E-state index >= 15 is 0 Å². The number of methoxy groups -OCH3 is 1. The Morgan fingerprint density at radius 2 is 1.75 bits per heavy atom. The number of aromatic hydroxyl groups is 1. The van der Waals surface area contributed by atoms with Gasteiger partial charge in [0.15, 0.2) is 5.75 Å². The van der Waals surface area contributed by atoms with Gasteiger partial charge in [0.1, 0.15) is 5.69 Å². The number of benzene rings is 3. The third-order valence-corrected chi connectivity index (χ3v) is 5.97. The molecule has 0 saturated heterocycles. The van der Waals surface area contributed by atoms with Crippen molar-refractivity contribution in [3.05, 3.63) is 77.4 Å². The summed E-state index contributed by atoms with van der Waals surface area (Å²) in [7, 11) is 1.42. The van der Waals surface area contributed by atoms with Crippen LogP contribution in [0, 0.1) is 13.8 Å². The number of ether oxygens (including phenoxy) is 1. The van der Waals surface area contributed by atoms with Gasteiger partial charge >= 0.3 is 0 Å². The molecule has 11 nitrogen and oxygen atoms in total. The number of phenols is 1. The van der Waals surface area contributed by atoms with E-state index in [9.17, 15) is 9.90 Å². The van der Waals surface area contributed by atoms with Crippen molar-refractivity contribution in [3.8, 4) is 16.9 Å². The van der Waals surface area contributed by atoms with E-state index in [1.165, 1.54) is 12.1 Å². The summed E-state index contributed by atoms with van der Waals surface area (Å²) in [4.78, 5) is 13.1. The number of azo groups is 1. The van der Waals surface area contributed by atoms with Crippen molar-refractivity contribution < 1.29 is 14.6 Å². The minimum absolute atomic E-state index is 0.0829. The highest BCUT2D eigenvalue weighted by molar-refractivity contribution is 6.16. The lowest BCUT2D eigenvalue weighted by molar-refractivity contribution is -0.118. The van der Waals surface area contributed by atoms with Gasteiger partial charge in [-0.3, -0.25) is 4.79 Å². The van der Waals surface area contributed by atoms with E-state index in [0.717, 1.165) is 22.3 Å². The van der Waals surface area contributed by atoms with E-state index in [2.05, 4.69) is 36.0 Å². The molecule has 36 heavy (non-hydrogen) atoms. The smallest absolute Gasteiger partial charge is 0.283 e. The molecule has 0 aromatic heterocycles. The van der Waals surface area contributed by atoms with Crippen LogP contribution >= 0.6 is 0 Å². The number of para-hydroxylation sites is 1. The number of amides is 1. The van der Waals surface area contributed by atoms with Crippen LogP contribution in [-0.2, 0) is 9.53 Å². The number of anilines is 1. The Morgan fingerprint density at radius 3 is 2.50 bits per heavy atom. The minimum Gasteiger partial charge on any atom is -0.505 e.